The van der Waals surface area contributed by atoms with Crippen LogP contribution in [0.25, 0.3) is 10.9 Å². The van der Waals surface area contributed by atoms with Gasteiger partial charge in [-0.15, -0.1) is 0 Å². The summed E-state index contributed by atoms with van der Waals surface area (Å²) in [5.74, 6) is 0.500. The Morgan fingerprint density at radius 1 is 1.29 bits per heavy atom. The van der Waals surface area contributed by atoms with E-state index in [1.807, 2.05) is 25.1 Å². The van der Waals surface area contributed by atoms with E-state index < -0.39 is 0 Å². The Labute approximate surface area is 99.4 Å². The maximum Gasteiger partial charge on any atom is 0.188 e. The van der Waals surface area contributed by atoms with Gasteiger partial charge in [0.2, 0.25) is 0 Å². The minimum absolute atomic E-state index is 0.117. The second kappa shape index (κ2) is 4.81. The van der Waals surface area contributed by atoms with Crippen LogP contribution in [0.15, 0.2) is 24.3 Å². The molecule has 0 fully saturated rings. The summed E-state index contributed by atoms with van der Waals surface area (Å²) in [5.41, 5.74) is 1.99. The Hall–Kier alpha value is -2.12. The molecule has 0 unspecified atom stereocenters. The predicted octanol–water partition coefficient (Wildman–Crippen LogP) is 2.40. The Balaban J connectivity index is 2.60. The van der Waals surface area contributed by atoms with Crippen molar-refractivity contribution in [2.45, 2.75) is 6.92 Å². The van der Waals surface area contributed by atoms with Gasteiger partial charge in [-0.1, -0.05) is 6.07 Å². The predicted molar refractivity (Wildman–Crippen MR) is 63.7 cm³/mol. The molecule has 2 aromatic rings. The summed E-state index contributed by atoms with van der Waals surface area (Å²) >= 11 is 0. The number of aryl methyl sites for hydroxylation is 1. The maximum absolute atomic E-state index is 9.20. The Morgan fingerprint density at radius 2 is 2.06 bits per heavy atom. The van der Waals surface area contributed by atoms with Crippen LogP contribution in [0.2, 0.25) is 0 Å². The van der Waals surface area contributed by atoms with E-state index in [2.05, 4.69) is 11.1 Å². The molecule has 0 aliphatic carbocycles. The van der Waals surface area contributed by atoms with Crippen LogP contribution < -0.4 is 4.74 Å². The fourth-order valence-corrected chi connectivity index (χ4v) is 1.62. The van der Waals surface area contributed by atoms with Crippen molar-refractivity contribution in [3.05, 3.63) is 35.5 Å². The van der Waals surface area contributed by atoms with E-state index in [4.69, 9.17) is 9.47 Å². The lowest BCUT2D eigenvalue weighted by atomic mass is 10.1. The zero-order valence-corrected chi connectivity index (χ0v) is 9.73. The number of nitrogens with zero attached hydrogens (tertiary/aromatic N) is 2. The summed E-state index contributed by atoms with van der Waals surface area (Å²) < 4.78 is 10.2. The third-order valence-electron chi connectivity index (χ3n) is 2.41. The smallest absolute Gasteiger partial charge is 0.188 e. The van der Waals surface area contributed by atoms with Crippen LogP contribution >= 0.6 is 0 Å². The van der Waals surface area contributed by atoms with Crippen molar-refractivity contribution in [2.24, 2.45) is 0 Å². The monoisotopic (exact) mass is 228 g/mol. The Bertz CT molecular complexity index is 588. The van der Waals surface area contributed by atoms with Gasteiger partial charge in [-0.3, -0.25) is 4.98 Å². The van der Waals surface area contributed by atoms with E-state index in [9.17, 15) is 5.26 Å². The molecule has 1 aromatic heterocycles. The molecule has 0 aliphatic rings. The molecule has 4 nitrogen and oxygen atoms in total. The number of fused-ring (bicyclic) bond motifs is 1. The summed E-state index contributed by atoms with van der Waals surface area (Å²) in [7, 11) is 1.54. The van der Waals surface area contributed by atoms with Crippen LogP contribution in [-0.2, 0) is 4.74 Å². The number of ether oxygens (including phenoxy) is 2. The lowest BCUT2D eigenvalue weighted by Gasteiger charge is -2.08. The average Bonchev–Trinajstić information content (AvgIpc) is 2.35. The van der Waals surface area contributed by atoms with Gasteiger partial charge in [0.05, 0.1) is 5.52 Å². The van der Waals surface area contributed by atoms with Gasteiger partial charge in [-0.2, -0.15) is 5.26 Å². The van der Waals surface area contributed by atoms with E-state index in [-0.39, 0.29) is 6.79 Å². The van der Waals surface area contributed by atoms with E-state index in [1.165, 1.54) is 7.11 Å². The molecule has 0 radical (unpaired) electrons. The summed E-state index contributed by atoms with van der Waals surface area (Å²) in [5, 5.41) is 10.1. The molecule has 0 saturated heterocycles. The maximum atomic E-state index is 9.20. The molecular formula is C13H12N2O2. The number of rotatable bonds is 3. The highest BCUT2D eigenvalue weighted by Crippen LogP contribution is 2.26. The molecule has 0 aliphatic heterocycles. The molecule has 0 saturated carbocycles. The largest absolute Gasteiger partial charge is 0.466 e. The molecule has 1 aromatic carbocycles. The van der Waals surface area contributed by atoms with Crippen LogP contribution in [0.5, 0.6) is 5.75 Å². The second-order valence-corrected chi connectivity index (χ2v) is 3.63. The molecule has 1 heterocycles. The van der Waals surface area contributed by atoms with Crippen molar-refractivity contribution < 1.29 is 9.47 Å². The van der Waals surface area contributed by atoms with E-state index in [1.54, 1.807) is 6.07 Å². The van der Waals surface area contributed by atoms with Crippen molar-refractivity contribution in [2.75, 3.05) is 13.9 Å². The quantitative estimate of drug-likeness (QED) is 0.757. The van der Waals surface area contributed by atoms with Crippen LogP contribution in [0, 0.1) is 18.3 Å². The fourth-order valence-electron chi connectivity index (χ4n) is 1.62. The minimum atomic E-state index is 0.117. The van der Waals surface area contributed by atoms with E-state index in [0.29, 0.717) is 16.8 Å². The lowest BCUT2D eigenvalue weighted by Crippen LogP contribution is -2.01. The summed E-state index contributed by atoms with van der Waals surface area (Å²) in [4.78, 5) is 4.37. The Morgan fingerprint density at radius 3 is 2.76 bits per heavy atom. The number of benzene rings is 1. The number of hydrogen-bond donors (Lipinski definition) is 0. The first-order chi connectivity index (χ1) is 8.26. The van der Waals surface area contributed by atoms with Crippen LogP contribution in [-0.4, -0.2) is 18.9 Å². The third-order valence-corrected chi connectivity index (χ3v) is 2.41. The van der Waals surface area contributed by atoms with Gasteiger partial charge in [0, 0.05) is 18.2 Å². The first-order valence-corrected chi connectivity index (χ1v) is 5.18. The number of nitriles is 1. The molecule has 0 amide bonds. The van der Waals surface area contributed by atoms with Crippen molar-refractivity contribution in [3.8, 4) is 11.8 Å². The molecular weight excluding hydrogens is 216 g/mol. The first-order valence-electron chi connectivity index (χ1n) is 5.18. The molecule has 17 heavy (non-hydrogen) atoms. The molecule has 4 heteroatoms. The highest BCUT2D eigenvalue weighted by molar-refractivity contribution is 5.86. The van der Waals surface area contributed by atoms with E-state index >= 15 is 0 Å². The van der Waals surface area contributed by atoms with Gasteiger partial charge in [0.25, 0.3) is 0 Å². The molecule has 0 spiro atoms. The average molecular weight is 228 g/mol. The number of pyridine rings is 1. The van der Waals surface area contributed by atoms with Gasteiger partial charge < -0.3 is 9.47 Å². The number of hydrogen-bond acceptors (Lipinski definition) is 4. The molecule has 0 bridgehead atoms. The highest BCUT2D eigenvalue weighted by Gasteiger charge is 2.09. The van der Waals surface area contributed by atoms with Crippen molar-refractivity contribution in [1.29, 1.82) is 5.26 Å². The van der Waals surface area contributed by atoms with Crippen LogP contribution in [0.1, 0.15) is 11.3 Å². The minimum Gasteiger partial charge on any atom is -0.466 e. The zero-order valence-electron chi connectivity index (χ0n) is 9.73. The third kappa shape index (κ3) is 2.19. The molecule has 86 valence electrons. The normalized spacial score (nSPS) is 10.2. The molecule has 2 rings (SSSR count). The van der Waals surface area contributed by atoms with E-state index in [0.717, 1.165) is 11.1 Å². The standard InChI is InChI=1S/C13H12N2O2/c1-9-3-4-10-5-6-12(17-8-16-2)11(7-14)13(10)15-9/h3-6H,8H2,1-2H3. The number of aromatic nitrogens is 1. The van der Waals surface area contributed by atoms with Crippen molar-refractivity contribution in [3.63, 3.8) is 0 Å². The lowest BCUT2D eigenvalue weighted by molar-refractivity contribution is 0.0510. The fraction of sp³-hybridized carbons (Fsp3) is 0.231. The first kappa shape index (κ1) is 11.4. The van der Waals surface area contributed by atoms with Crippen molar-refractivity contribution >= 4 is 10.9 Å². The van der Waals surface area contributed by atoms with Gasteiger partial charge in [0.1, 0.15) is 17.4 Å². The highest BCUT2D eigenvalue weighted by atomic mass is 16.7. The molecule has 0 atom stereocenters. The van der Waals surface area contributed by atoms with Gasteiger partial charge in [0.15, 0.2) is 6.79 Å². The van der Waals surface area contributed by atoms with Crippen molar-refractivity contribution in [1.82, 2.24) is 4.98 Å². The zero-order chi connectivity index (χ0) is 12.3. The Kier molecular flexibility index (Phi) is 3.22. The number of methoxy groups -OCH3 is 1. The van der Waals surface area contributed by atoms with Crippen LogP contribution in [0.3, 0.4) is 0 Å². The van der Waals surface area contributed by atoms with Gasteiger partial charge >= 0.3 is 0 Å². The van der Waals surface area contributed by atoms with Gasteiger partial charge in [-0.05, 0) is 25.1 Å². The van der Waals surface area contributed by atoms with Gasteiger partial charge in [-0.25, -0.2) is 0 Å². The molecule has 0 N–H and O–H groups in total. The summed E-state index contributed by atoms with van der Waals surface area (Å²) in [6.45, 7) is 2.01. The van der Waals surface area contributed by atoms with Crippen LogP contribution in [0.4, 0.5) is 0 Å². The summed E-state index contributed by atoms with van der Waals surface area (Å²) in [6, 6.07) is 9.63. The summed E-state index contributed by atoms with van der Waals surface area (Å²) in [6.07, 6.45) is 0. The topological polar surface area (TPSA) is 55.1 Å². The second-order valence-electron chi connectivity index (χ2n) is 3.63. The SMILES string of the molecule is COCOc1ccc2ccc(C)nc2c1C#N.